The third-order valence-corrected chi connectivity index (χ3v) is 6.39. The molecule has 0 bridgehead atoms. The van der Waals surface area contributed by atoms with Gasteiger partial charge in [-0.15, -0.1) is 0 Å². The van der Waals surface area contributed by atoms with Crippen LogP contribution in [0.3, 0.4) is 0 Å². The van der Waals surface area contributed by atoms with Gasteiger partial charge in [-0.1, -0.05) is 54.9 Å². The number of aryl methyl sites for hydroxylation is 1. The summed E-state index contributed by atoms with van der Waals surface area (Å²) in [6.07, 6.45) is 3.28. The summed E-state index contributed by atoms with van der Waals surface area (Å²) in [4.78, 5) is 16.5. The lowest BCUT2D eigenvalue weighted by molar-refractivity contribution is -0.121. The van der Waals surface area contributed by atoms with Crippen molar-refractivity contribution in [2.24, 2.45) is 0 Å². The summed E-state index contributed by atoms with van der Waals surface area (Å²) in [7, 11) is 0. The molecule has 1 aromatic heterocycles. The Balaban J connectivity index is 1.40. The van der Waals surface area contributed by atoms with Crippen LogP contribution in [-0.4, -0.2) is 17.7 Å². The lowest BCUT2D eigenvalue weighted by Gasteiger charge is -2.18. The molecule has 168 valence electrons. The highest BCUT2D eigenvalue weighted by atomic mass is 35.5. The van der Waals surface area contributed by atoms with Crippen LogP contribution < -0.4 is 14.8 Å². The van der Waals surface area contributed by atoms with E-state index in [-0.39, 0.29) is 18.6 Å². The molecule has 0 spiro atoms. The number of ether oxygens (including phenoxy) is 2. The molecule has 0 radical (unpaired) electrons. The maximum Gasteiger partial charge on any atom is 0.231 e. The van der Waals surface area contributed by atoms with E-state index in [2.05, 4.69) is 35.4 Å². The summed E-state index contributed by atoms with van der Waals surface area (Å²) in [5.74, 6) is 1.29. The fourth-order valence-corrected chi connectivity index (χ4v) is 4.66. The number of fused-ring (bicyclic) bond motifs is 2. The second-order valence-electron chi connectivity index (χ2n) is 8.21. The van der Waals surface area contributed by atoms with Crippen LogP contribution in [0.4, 0.5) is 0 Å². The summed E-state index contributed by atoms with van der Waals surface area (Å²) >= 11 is 6.31. The van der Waals surface area contributed by atoms with Gasteiger partial charge in [0.25, 0.3) is 0 Å². The molecule has 1 aliphatic heterocycles. The first-order valence-corrected chi connectivity index (χ1v) is 11.5. The Morgan fingerprint density at radius 3 is 2.79 bits per heavy atom. The number of halogens is 1. The lowest BCUT2D eigenvalue weighted by Crippen LogP contribution is -2.25. The maximum absolute atomic E-state index is 13.1. The standard InChI is InChI=1S/C27H25ClN2O3/c1-2-18-5-4-8-21-23(15-30-27(18)21)22(19-6-3-7-20(28)12-19)13-26(31)29-14-17-9-10-24-25(11-17)33-16-32-24/h3-12,15,22,30H,2,13-14,16H2,1H3,(H,29,31). The molecule has 2 heterocycles. The van der Waals surface area contributed by atoms with E-state index in [1.807, 2.05) is 48.7 Å². The van der Waals surface area contributed by atoms with Gasteiger partial charge < -0.3 is 19.8 Å². The Kier molecular flexibility index (Phi) is 5.97. The topological polar surface area (TPSA) is 63.4 Å². The Morgan fingerprint density at radius 1 is 1.09 bits per heavy atom. The van der Waals surface area contributed by atoms with Crippen molar-refractivity contribution in [3.8, 4) is 11.5 Å². The van der Waals surface area contributed by atoms with Crippen LogP contribution in [0.1, 0.15) is 41.5 Å². The second-order valence-corrected chi connectivity index (χ2v) is 8.65. The van der Waals surface area contributed by atoms with Crippen molar-refractivity contribution >= 4 is 28.4 Å². The molecule has 0 fully saturated rings. The zero-order chi connectivity index (χ0) is 22.8. The van der Waals surface area contributed by atoms with Crippen molar-refractivity contribution in [1.82, 2.24) is 10.3 Å². The third-order valence-electron chi connectivity index (χ3n) is 6.16. The van der Waals surface area contributed by atoms with Gasteiger partial charge in [0.2, 0.25) is 12.7 Å². The number of benzene rings is 3. The quantitative estimate of drug-likeness (QED) is 0.358. The van der Waals surface area contributed by atoms with Crippen LogP contribution in [0.15, 0.2) is 66.9 Å². The number of amides is 1. The number of aromatic amines is 1. The van der Waals surface area contributed by atoms with Gasteiger partial charge in [-0.25, -0.2) is 0 Å². The number of carbonyl (C=O) groups excluding carboxylic acids is 1. The lowest BCUT2D eigenvalue weighted by atomic mass is 9.87. The van der Waals surface area contributed by atoms with E-state index < -0.39 is 0 Å². The van der Waals surface area contributed by atoms with Crippen molar-refractivity contribution in [1.29, 1.82) is 0 Å². The van der Waals surface area contributed by atoms with Crippen LogP contribution in [0.25, 0.3) is 10.9 Å². The van der Waals surface area contributed by atoms with Gasteiger partial charge in [-0.05, 0) is 52.9 Å². The van der Waals surface area contributed by atoms with Crippen molar-refractivity contribution in [2.45, 2.75) is 32.2 Å². The second kappa shape index (κ2) is 9.20. The van der Waals surface area contributed by atoms with Crippen molar-refractivity contribution in [3.05, 3.63) is 94.1 Å². The number of H-pyrrole nitrogens is 1. The van der Waals surface area contributed by atoms with E-state index in [0.29, 0.717) is 23.7 Å². The van der Waals surface area contributed by atoms with E-state index in [1.165, 1.54) is 5.56 Å². The summed E-state index contributed by atoms with van der Waals surface area (Å²) in [5, 5.41) is 4.86. The van der Waals surface area contributed by atoms with Crippen LogP contribution in [0.5, 0.6) is 11.5 Å². The van der Waals surface area contributed by atoms with Crippen LogP contribution in [-0.2, 0) is 17.8 Å². The van der Waals surface area contributed by atoms with Crippen LogP contribution >= 0.6 is 11.6 Å². The van der Waals surface area contributed by atoms with Gasteiger partial charge >= 0.3 is 0 Å². The summed E-state index contributed by atoms with van der Waals surface area (Å²) < 4.78 is 10.8. The molecule has 0 aliphatic carbocycles. The number of rotatable bonds is 7. The number of aromatic nitrogens is 1. The van der Waals surface area contributed by atoms with E-state index in [4.69, 9.17) is 21.1 Å². The predicted octanol–water partition coefficient (Wildman–Crippen LogP) is 5.95. The SMILES string of the molecule is CCc1cccc2c(C(CC(=O)NCc3ccc4c(c3)OCO4)c3cccc(Cl)c3)c[nH]c12. The molecule has 3 aromatic carbocycles. The molecule has 1 unspecified atom stereocenters. The minimum Gasteiger partial charge on any atom is -0.454 e. The molecule has 1 atom stereocenters. The minimum absolute atomic E-state index is 0.0290. The van der Waals surface area contributed by atoms with Crippen LogP contribution in [0, 0.1) is 0 Å². The third kappa shape index (κ3) is 4.41. The van der Waals surface area contributed by atoms with Crippen molar-refractivity contribution < 1.29 is 14.3 Å². The highest BCUT2D eigenvalue weighted by molar-refractivity contribution is 6.30. The first-order valence-electron chi connectivity index (χ1n) is 11.1. The van der Waals surface area contributed by atoms with E-state index in [1.54, 1.807) is 0 Å². The number of carbonyl (C=O) groups is 1. The van der Waals surface area contributed by atoms with E-state index >= 15 is 0 Å². The molecule has 1 amide bonds. The van der Waals surface area contributed by atoms with Crippen LogP contribution in [0.2, 0.25) is 5.02 Å². The molecule has 0 saturated carbocycles. The summed E-state index contributed by atoms with van der Waals surface area (Å²) in [6, 6.07) is 19.8. The average Bonchev–Trinajstić information content (AvgIpc) is 3.47. The molecule has 33 heavy (non-hydrogen) atoms. The highest BCUT2D eigenvalue weighted by Gasteiger charge is 2.22. The molecule has 6 heteroatoms. The normalized spacial score (nSPS) is 13.3. The van der Waals surface area contributed by atoms with Gasteiger partial charge in [0, 0.05) is 41.0 Å². The molecule has 1 aliphatic rings. The molecule has 4 aromatic rings. The molecular weight excluding hydrogens is 436 g/mol. The summed E-state index contributed by atoms with van der Waals surface area (Å²) in [6.45, 7) is 2.80. The fraction of sp³-hybridized carbons (Fsp3) is 0.222. The number of para-hydroxylation sites is 1. The molecule has 0 saturated heterocycles. The smallest absolute Gasteiger partial charge is 0.231 e. The molecular formula is C27H25ClN2O3. The number of nitrogens with one attached hydrogen (secondary N) is 2. The molecule has 5 nitrogen and oxygen atoms in total. The minimum atomic E-state index is -0.124. The Labute approximate surface area is 197 Å². The van der Waals surface area contributed by atoms with Gasteiger partial charge in [0.1, 0.15) is 0 Å². The van der Waals surface area contributed by atoms with Gasteiger partial charge in [-0.2, -0.15) is 0 Å². The van der Waals surface area contributed by atoms with E-state index in [9.17, 15) is 4.79 Å². The zero-order valence-corrected chi connectivity index (χ0v) is 19.1. The first kappa shape index (κ1) is 21.4. The largest absolute Gasteiger partial charge is 0.454 e. The average molecular weight is 461 g/mol. The van der Waals surface area contributed by atoms with Gasteiger partial charge in [-0.3, -0.25) is 4.79 Å². The molecule has 2 N–H and O–H groups in total. The molecule has 5 rings (SSSR count). The van der Waals surface area contributed by atoms with E-state index in [0.717, 1.165) is 39.8 Å². The predicted molar refractivity (Wildman–Crippen MR) is 130 cm³/mol. The Hall–Kier alpha value is -3.44. The highest BCUT2D eigenvalue weighted by Crippen LogP contribution is 2.36. The summed E-state index contributed by atoms with van der Waals surface area (Å²) in [5.41, 5.74) is 5.47. The number of hydrogen-bond donors (Lipinski definition) is 2. The van der Waals surface area contributed by atoms with Gasteiger partial charge in [0.15, 0.2) is 11.5 Å². The zero-order valence-electron chi connectivity index (χ0n) is 18.4. The Bertz CT molecular complexity index is 1310. The van der Waals surface area contributed by atoms with Gasteiger partial charge in [0.05, 0.1) is 0 Å². The number of hydrogen-bond acceptors (Lipinski definition) is 3. The Morgan fingerprint density at radius 2 is 1.94 bits per heavy atom. The van der Waals surface area contributed by atoms with Crippen molar-refractivity contribution in [3.63, 3.8) is 0 Å². The fourth-order valence-electron chi connectivity index (χ4n) is 4.46. The van der Waals surface area contributed by atoms with Crippen molar-refractivity contribution in [2.75, 3.05) is 6.79 Å². The monoisotopic (exact) mass is 460 g/mol. The first-order chi connectivity index (χ1) is 16.1. The maximum atomic E-state index is 13.1.